The second-order valence-electron chi connectivity index (χ2n) is 7.97. The monoisotopic (exact) mass is 500 g/mol. The molecule has 1 fully saturated rings. The Hall–Kier alpha value is -3.86. The van der Waals surface area contributed by atoms with Crippen molar-refractivity contribution in [3.05, 3.63) is 68.6 Å². The third-order valence-corrected chi connectivity index (χ3v) is 5.67. The minimum atomic E-state index is -0.640. The van der Waals surface area contributed by atoms with Crippen LogP contribution in [0.5, 0.6) is 11.5 Å². The molecule has 0 aromatic heterocycles. The van der Waals surface area contributed by atoms with Gasteiger partial charge in [-0.3, -0.25) is 29.4 Å². The molecule has 0 N–H and O–H groups in total. The molecule has 0 radical (unpaired) electrons. The fraction of sp³-hybridized carbons (Fsp3) is 0.292. The molecule has 1 saturated heterocycles. The number of non-ortho nitro benzene ring substituents is 1. The lowest BCUT2D eigenvalue weighted by atomic mass is 10.1. The summed E-state index contributed by atoms with van der Waals surface area (Å²) in [5.41, 5.74) is 1.33. The van der Waals surface area contributed by atoms with E-state index in [1.54, 1.807) is 30.3 Å². The average molecular weight is 501 g/mol. The number of ether oxygens (including phenoxy) is 3. The topological polar surface area (TPSA) is 125 Å². The fourth-order valence-corrected chi connectivity index (χ4v) is 3.83. The molecule has 1 aliphatic rings. The van der Waals surface area contributed by atoms with E-state index in [4.69, 9.17) is 14.2 Å². The molecule has 2 amide bonds. The first-order chi connectivity index (χ1) is 16.7. The summed E-state index contributed by atoms with van der Waals surface area (Å²) in [5.74, 6) is -0.233. The highest BCUT2D eigenvalue weighted by Crippen LogP contribution is 2.34. The second-order valence-corrected chi connectivity index (χ2v) is 8.96. The van der Waals surface area contributed by atoms with Crippen LogP contribution in [0.15, 0.2) is 47.4 Å². The van der Waals surface area contributed by atoms with Crippen LogP contribution in [-0.2, 0) is 20.9 Å². The van der Waals surface area contributed by atoms with Gasteiger partial charge in [0.2, 0.25) is 0 Å². The van der Waals surface area contributed by atoms with Crippen LogP contribution in [0.4, 0.5) is 10.5 Å². The quantitative estimate of drug-likeness (QED) is 0.202. The van der Waals surface area contributed by atoms with E-state index in [2.05, 4.69) is 0 Å². The predicted octanol–water partition coefficient (Wildman–Crippen LogP) is 4.42. The number of methoxy groups -OCH3 is 1. The number of carbonyl (C=O) groups is 3. The number of thioether (sulfide) groups is 1. The summed E-state index contributed by atoms with van der Waals surface area (Å²) in [4.78, 5) is 48.2. The molecule has 1 heterocycles. The van der Waals surface area contributed by atoms with Crippen LogP contribution < -0.4 is 9.47 Å². The van der Waals surface area contributed by atoms with Crippen LogP contribution in [0.3, 0.4) is 0 Å². The lowest BCUT2D eigenvalue weighted by Crippen LogP contribution is -2.34. The van der Waals surface area contributed by atoms with E-state index in [1.165, 1.54) is 25.3 Å². The van der Waals surface area contributed by atoms with Gasteiger partial charge in [-0.25, -0.2) is 0 Å². The molecule has 0 spiro atoms. The van der Waals surface area contributed by atoms with E-state index in [0.29, 0.717) is 17.1 Å². The number of hydrogen-bond donors (Lipinski definition) is 0. The maximum atomic E-state index is 12.7. The van der Waals surface area contributed by atoms with Gasteiger partial charge in [-0.05, 0) is 59.1 Å². The molecule has 0 unspecified atom stereocenters. The van der Waals surface area contributed by atoms with Gasteiger partial charge in [0.05, 0.1) is 23.5 Å². The number of rotatable bonds is 10. The fourth-order valence-electron chi connectivity index (χ4n) is 2.99. The third kappa shape index (κ3) is 6.82. The summed E-state index contributed by atoms with van der Waals surface area (Å²) in [6.45, 7) is 3.71. The number of nitro groups is 1. The Bertz CT molecular complexity index is 1160. The van der Waals surface area contributed by atoms with Crippen molar-refractivity contribution in [1.82, 2.24) is 4.90 Å². The largest absolute Gasteiger partial charge is 0.493 e. The van der Waals surface area contributed by atoms with Gasteiger partial charge in [0.15, 0.2) is 11.5 Å². The first-order valence-corrected chi connectivity index (χ1v) is 11.4. The van der Waals surface area contributed by atoms with Crippen molar-refractivity contribution in [3.63, 3.8) is 0 Å². The van der Waals surface area contributed by atoms with E-state index in [1.807, 2.05) is 13.8 Å². The van der Waals surface area contributed by atoms with Crippen molar-refractivity contribution in [2.75, 3.05) is 20.3 Å². The Kier molecular flexibility index (Phi) is 8.48. The molecule has 0 atom stereocenters. The number of nitro benzene ring substituents is 1. The van der Waals surface area contributed by atoms with Crippen LogP contribution >= 0.6 is 11.8 Å². The summed E-state index contributed by atoms with van der Waals surface area (Å²) < 4.78 is 16.2. The first-order valence-electron chi connectivity index (χ1n) is 10.6. The smallest absolute Gasteiger partial charge is 0.326 e. The van der Waals surface area contributed by atoms with Crippen molar-refractivity contribution < 1.29 is 33.5 Å². The van der Waals surface area contributed by atoms with Crippen LogP contribution in [0.1, 0.15) is 25.0 Å². The average Bonchev–Trinajstić information content (AvgIpc) is 3.09. The lowest BCUT2D eigenvalue weighted by molar-refractivity contribution is -0.384. The first kappa shape index (κ1) is 25.8. The molecule has 0 aliphatic carbocycles. The van der Waals surface area contributed by atoms with Gasteiger partial charge in [-0.2, -0.15) is 0 Å². The molecule has 10 nitrogen and oxygen atoms in total. The number of hydrogen-bond acceptors (Lipinski definition) is 9. The van der Waals surface area contributed by atoms with Gasteiger partial charge in [0.1, 0.15) is 13.2 Å². The molecular weight excluding hydrogens is 476 g/mol. The summed E-state index contributed by atoms with van der Waals surface area (Å²) in [6.07, 6.45) is 1.53. The van der Waals surface area contributed by atoms with Crippen molar-refractivity contribution in [1.29, 1.82) is 0 Å². The highest BCUT2D eigenvalue weighted by Gasteiger charge is 2.36. The maximum absolute atomic E-state index is 12.7. The Morgan fingerprint density at radius 1 is 1.14 bits per heavy atom. The van der Waals surface area contributed by atoms with E-state index in [9.17, 15) is 24.5 Å². The minimum absolute atomic E-state index is 0.00690. The number of benzene rings is 2. The SMILES string of the molecule is COc1cc(/C=C2/SC(=O)N(CC(=O)OCC(C)C)C2=O)ccc1OCc1ccc([N+](=O)[O-])cc1. The Morgan fingerprint density at radius 2 is 1.86 bits per heavy atom. The Balaban J connectivity index is 1.67. The zero-order valence-electron chi connectivity index (χ0n) is 19.4. The van der Waals surface area contributed by atoms with E-state index in [0.717, 1.165) is 22.2 Å². The zero-order chi connectivity index (χ0) is 25.5. The normalized spacial score (nSPS) is 14.5. The summed E-state index contributed by atoms with van der Waals surface area (Å²) in [7, 11) is 1.47. The standard InChI is InChI=1S/C24H24N2O8S/c1-15(2)13-34-22(27)12-25-23(28)21(35-24(25)29)11-17-6-9-19(20(10-17)32-3)33-14-16-4-7-18(8-5-16)26(30)31/h4-11,15H,12-14H2,1-3H3/b21-11+. The van der Waals surface area contributed by atoms with Crippen LogP contribution in [0, 0.1) is 16.0 Å². The lowest BCUT2D eigenvalue weighted by Gasteiger charge is -2.13. The summed E-state index contributed by atoms with van der Waals surface area (Å²) in [6, 6.07) is 11.0. The van der Waals surface area contributed by atoms with Crippen molar-refractivity contribution in [3.8, 4) is 11.5 Å². The molecule has 2 aromatic carbocycles. The van der Waals surface area contributed by atoms with Gasteiger partial charge in [0.25, 0.3) is 16.8 Å². The molecule has 184 valence electrons. The van der Waals surface area contributed by atoms with Gasteiger partial charge in [-0.15, -0.1) is 0 Å². The molecule has 35 heavy (non-hydrogen) atoms. The van der Waals surface area contributed by atoms with Crippen LogP contribution in [0.25, 0.3) is 6.08 Å². The van der Waals surface area contributed by atoms with Crippen LogP contribution in [-0.4, -0.2) is 47.2 Å². The molecule has 1 aliphatic heterocycles. The number of nitrogens with zero attached hydrogens (tertiary/aromatic N) is 2. The van der Waals surface area contributed by atoms with Crippen LogP contribution in [0.2, 0.25) is 0 Å². The molecule has 3 rings (SSSR count). The molecule has 0 bridgehead atoms. The summed E-state index contributed by atoms with van der Waals surface area (Å²) >= 11 is 0.742. The van der Waals surface area contributed by atoms with Gasteiger partial charge >= 0.3 is 5.97 Å². The molecule has 2 aromatic rings. The molecular formula is C24H24N2O8S. The van der Waals surface area contributed by atoms with Crippen molar-refractivity contribution in [2.45, 2.75) is 20.5 Å². The Morgan fingerprint density at radius 3 is 2.49 bits per heavy atom. The second kappa shape index (κ2) is 11.5. The number of carbonyl (C=O) groups excluding carboxylic acids is 3. The van der Waals surface area contributed by atoms with Crippen molar-refractivity contribution >= 4 is 40.6 Å². The summed E-state index contributed by atoms with van der Waals surface area (Å²) in [5, 5.41) is 10.2. The third-order valence-electron chi connectivity index (χ3n) is 4.77. The van der Waals surface area contributed by atoms with Gasteiger partial charge in [-0.1, -0.05) is 19.9 Å². The predicted molar refractivity (Wildman–Crippen MR) is 129 cm³/mol. The maximum Gasteiger partial charge on any atom is 0.326 e. The highest BCUT2D eigenvalue weighted by atomic mass is 32.2. The Labute approximate surface area is 206 Å². The molecule has 11 heteroatoms. The van der Waals surface area contributed by atoms with E-state index >= 15 is 0 Å². The van der Waals surface area contributed by atoms with Gasteiger partial charge in [0, 0.05) is 12.1 Å². The number of amides is 2. The van der Waals surface area contributed by atoms with E-state index < -0.39 is 28.6 Å². The highest BCUT2D eigenvalue weighted by molar-refractivity contribution is 8.18. The minimum Gasteiger partial charge on any atom is -0.493 e. The van der Waals surface area contributed by atoms with Crippen molar-refractivity contribution in [2.24, 2.45) is 5.92 Å². The van der Waals surface area contributed by atoms with E-state index in [-0.39, 0.29) is 29.7 Å². The number of esters is 1. The number of imide groups is 1. The zero-order valence-corrected chi connectivity index (χ0v) is 20.2. The molecule has 0 saturated carbocycles. The van der Waals surface area contributed by atoms with Gasteiger partial charge < -0.3 is 14.2 Å².